The highest BCUT2D eigenvalue weighted by Crippen LogP contribution is 2.45. The molecule has 0 bridgehead atoms. The van der Waals surface area contributed by atoms with Crippen LogP contribution in [0.1, 0.15) is 52.9 Å². The highest BCUT2D eigenvalue weighted by atomic mass is 35.5. The largest absolute Gasteiger partial charge is 0.353 e. The van der Waals surface area contributed by atoms with E-state index in [1.807, 2.05) is 0 Å². The molecule has 0 aromatic rings. The molecule has 2 fully saturated rings. The van der Waals surface area contributed by atoms with E-state index in [0.29, 0.717) is 31.8 Å². The number of halogens is 1. The molecule has 2 rings (SSSR count). The molecule has 7 nitrogen and oxygen atoms in total. The van der Waals surface area contributed by atoms with Crippen LogP contribution in [0.5, 0.6) is 0 Å². The summed E-state index contributed by atoms with van der Waals surface area (Å²) in [4.78, 5) is 38.1. The Morgan fingerprint density at radius 2 is 1.88 bits per heavy atom. The second-order valence-electron chi connectivity index (χ2n) is 7.97. The summed E-state index contributed by atoms with van der Waals surface area (Å²) >= 11 is 0. The summed E-state index contributed by atoms with van der Waals surface area (Å²) in [7, 11) is 1.80. The number of carbonyl (C=O) groups excluding carboxylic acids is 3. The second-order valence-corrected chi connectivity index (χ2v) is 7.97. The van der Waals surface area contributed by atoms with Crippen LogP contribution < -0.4 is 16.0 Å². The molecule has 150 valence electrons. The predicted octanol–water partition coefficient (Wildman–Crippen LogP) is 1.66. The average molecular weight is 389 g/mol. The van der Waals surface area contributed by atoms with Crippen molar-refractivity contribution in [2.45, 2.75) is 58.4 Å². The van der Waals surface area contributed by atoms with Crippen molar-refractivity contribution in [2.75, 3.05) is 26.7 Å². The second kappa shape index (κ2) is 9.04. The Hall–Kier alpha value is -1.34. The van der Waals surface area contributed by atoms with Crippen LogP contribution in [0.25, 0.3) is 0 Å². The maximum Gasteiger partial charge on any atom is 0.325 e. The third-order valence-corrected chi connectivity index (χ3v) is 6.10. The van der Waals surface area contributed by atoms with Crippen LogP contribution in [0.2, 0.25) is 0 Å². The Labute approximate surface area is 162 Å². The van der Waals surface area contributed by atoms with Gasteiger partial charge in [-0.15, -0.1) is 12.4 Å². The Balaban J connectivity index is 0.00000338. The quantitative estimate of drug-likeness (QED) is 0.457. The van der Waals surface area contributed by atoms with Gasteiger partial charge in [-0.2, -0.15) is 0 Å². The number of rotatable bonds is 7. The fraction of sp³-hybridized carbons (Fsp3) is 0.833. The smallest absolute Gasteiger partial charge is 0.325 e. The van der Waals surface area contributed by atoms with Crippen molar-refractivity contribution in [3.05, 3.63) is 0 Å². The van der Waals surface area contributed by atoms with Crippen molar-refractivity contribution >= 4 is 30.3 Å². The van der Waals surface area contributed by atoms with E-state index in [4.69, 9.17) is 0 Å². The number of hydrogen-bond donors (Lipinski definition) is 3. The summed E-state index contributed by atoms with van der Waals surface area (Å²) < 4.78 is 0. The molecule has 0 aromatic carbocycles. The van der Waals surface area contributed by atoms with Crippen LogP contribution in [0.4, 0.5) is 4.79 Å². The van der Waals surface area contributed by atoms with Gasteiger partial charge in [0.1, 0.15) is 12.1 Å². The van der Waals surface area contributed by atoms with Crippen molar-refractivity contribution in [1.82, 2.24) is 20.9 Å². The normalized spacial score (nSPS) is 25.8. The summed E-state index contributed by atoms with van der Waals surface area (Å²) in [6.45, 7) is 7.64. The molecule has 1 saturated heterocycles. The van der Waals surface area contributed by atoms with Gasteiger partial charge in [-0.1, -0.05) is 27.2 Å². The molecule has 0 radical (unpaired) electrons. The first kappa shape index (κ1) is 22.7. The molecule has 1 aliphatic carbocycles. The van der Waals surface area contributed by atoms with E-state index in [0.717, 1.165) is 24.2 Å². The molecule has 1 spiro atoms. The number of urea groups is 1. The van der Waals surface area contributed by atoms with Gasteiger partial charge in [-0.3, -0.25) is 14.5 Å². The van der Waals surface area contributed by atoms with E-state index >= 15 is 0 Å². The van der Waals surface area contributed by atoms with Gasteiger partial charge in [0.25, 0.3) is 5.91 Å². The highest BCUT2D eigenvalue weighted by molar-refractivity contribution is 6.09. The van der Waals surface area contributed by atoms with Gasteiger partial charge >= 0.3 is 6.03 Å². The molecular formula is C18H33ClN4O3. The minimum Gasteiger partial charge on any atom is -0.353 e. The fourth-order valence-electron chi connectivity index (χ4n) is 3.87. The molecule has 1 heterocycles. The first-order chi connectivity index (χ1) is 11.8. The number of imide groups is 1. The van der Waals surface area contributed by atoms with E-state index < -0.39 is 11.6 Å². The van der Waals surface area contributed by atoms with Gasteiger partial charge in [-0.05, 0) is 44.1 Å². The lowest BCUT2D eigenvalue weighted by Gasteiger charge is -2.42. The van der Waals surface area contributed by atoms with Crippen LogP contribution in [0, 0.1) is 11.3 Å². The number of nitrogens with zero attached hydrogens (tertiary/aromatic N) is 1. The third-order valence-electron chi connectivity index (χ3n) is 6.10. The van der Waals surface area contributed by atoms with E-state index in [2.05, 4.69) is 36.7 Å². The first-order valence-electron chi connectivity index (χ1n) is 9.31. The minimum atomic E-state index is -0.803. The van der Waals surface area contributed by atoms with E-state index in [9.17, 15) is 14.4 Å². The minimum absolute atomic E-state index is 0. The topological polar surface area (TPSA) is 90.5 Å². The molecule has 0 atom stereocenters. The van der Waals surface area contributed by atoms with Crippen LogP contribution in [-0.2, 0) is 9.59 Å². The Morgan fingerprint density at radius 1 is 1.27 bits per heavy atom. The molecule has 1 aliphatic heterocycles. The summed E-state index contributed by atoms with van der Waals surface area (Å²) in [6.07, 6.45) is 4.26. The lowest BCUT2D eigenvalue weighted by atomic mass is 9.65. The Morgan fingerprint density at radius 3 is 2.42 bits per heavy atom. The number of amides is 4. The predicted molar refractivity (Wildman–Crippen MR) is 103 cm³/mol. The molecular weight excluding hydrogens is 356 g/mol. The molecule has 1 saturated carbocycles. The molecule has 26 heavy (non-hydrogen) atoms. The van der Waals surface area contributed by atoms with Crippen molar-refractivity contribution < 1.29 is 14.4 Å². The van der Waals surface area contributed by atoms with Crippen molar-refractivity contribution in [3.8, 4) is 0 Å². The summed E-state index contributed by atoms with van der Waals surface area (Å²) in [5, 5.41) is 8.51. The molecule has 0 unspecified atom stereocenters. The van der Waals surface area contributed by atoms with Crippen molar-refractivity contribution in [1.29, 1.82) is 0 Å². The zero-order chi connectivity index (χ0) is 18.7. The summed E-state index contributed by atoms with van der Waals surface area (Å²) in [6, 6.07) is -0.443. The molecule has 8 heteroatoms. The van der Waals surface area contributed by atoms with E-state index in [-0.39, 0.29) is 36.2 Å². The molecule has 0 aromatic heterocycles. The number of hydrogen-bond acceptors (Lipinski definition) is 4. The molecule has 3 N–H and O–H groups in total. The van der Waals surface area contributed by atoms with Gasteiger partial charge in [0.2, 0.25) is 5.91 Å². The lowest BCUT2D eigenvalue weighted by molar-refractivity contribution is -0.136. The van der Waals surface area contributed by atoms with Crippen molar-refractivity contribution in [2.24, 2.45) is 11.3 Å². The van der Waals surface area contributed by atoms with E-state index in [1.165, 1.54) is 0 Å². The number of carbonyl (C=O) groups is 3. The van der Waals surface area contributed by atoms with Gasteiger partial charge < -0.3 is 16.0 Å². The van der Waals surface area contributed by atoms with Gasteiger partial charge in [0.15, 0.2) is 0 Å². The zero-order valence-electron chi connectivity index (χ0n) is 16.3. The Bertz CT molecular complexity index is 531. The van der Waals surface area contributed by atoms with Gasteiger partial charge in [-0.25, -0.2) is 4.79 Å². The Kier molecular flexibility index (Phi) is 7.89. The fourth-order valence-corrected chi connectivity index (χ4v) is 3.87. The van der Waals surface area contributed by atoms with E-state index in [1.54, 1.807) is 7.05 Å². The maximum absolute atomic E-state index is 12.8. The maximum atomic E-state index is 12.8. The lowest BCUT2D eigenvalue weighted by Crippen LogP contribution is -2.51. The highest BCUT2D eigenvalue weighted by Gasteiger charge is 2.53. The monoisotopic (exact) mass is 388 g/mol. The van der Waals surface area contributed by atoms with Crippen LogP contribution >= 0.6 is 12.4 Å². The van der Waals surface area contributed by atoms with Gasteiger partial charge in [0.05, 0.1) is 0 Å². The SMILES string of the molecule is CCC(C)(C)C1CCC2(CC1)NC(=O)N(CC(=O)NCCNC)C2=O.Cl. The van der Waals surface area contributed by atoms with Crippen LogP contribution in [-0.4, -0.2) is 55.0 Å². The van der Waals surface area contributed by atoms with Crippen molar-refractivity contribution in [3.63, 3.8) is 0 Å². The number of nitrogens with one attached hydrogen (secondary N) is 3. The standard InChI is InChI=1S/C18H32N4O3.ClH/c1-5-17(2,3)13-6-8-18(9-7-13)15(24)22(16(25)21-18)12-14(23)20-11-10-19-4;/h13,19H,5-12H2,1-4H3,(H,20,23)(H,21,25);1H. The van der Waals surface area contributed by atoms with Crippen LogP contribution in [0.15, 0.2) is 0 Å². The average Bonchev–Trinajstić information content (AvgIpc) is 2.80. The van der Waals surface area contributed by atoms with Crippen LogP contribution in [0.3, 0.4) is 0 Å². The van der Waals surface area contributed by atoms with Gasteiger partial charge in [0, 0.05) is 13.1 Å². The molecule has 2 aliphatic rings. The molecule has 4 amide bonds. The number of likely N-dealkylation sites (N-methyl/N-ethyl adjacent to an activating group) is 1. The third kappa shape index (κ3) is 4.68. The summed E-state index contributed by atoms with van der Waals surface area (Å²) in [5.74, 6) is 0.0114. The zero-order valence-corrected chi connectivity index (χ0v) is 17.1. The first-order valence-corrected chi connectivity index (χ1v) is 9.31. The summed E-state index contributed by atoms with van der Waals surface area (Å²) in [5.41, 5.74) is -0.553.